The zero-order valence-electron chi connectivity index (χ0n) is 13.1. The number of benzene rings is 2. The van der Waals surface area contributed by atoms with Gasteiger partial charge in [-0.25, -0.2) is 26.8 Å². The molecule has 25 heavy (non-hydrogen) atoms. The number of nitrogens with two attached hydrogens (primary N) is 1. The number of nitrogens with one attached hydrogen (secondary N) is 3. The molecule has 0 saturated heterocycles. The molecule has 0 bridgehead atoms. The van der Waals surface area contributed by atoms with E-state index in [2.05, 4.69) is 15.4 Å². The van der Waals surface area contributed by atoms with Crippen LogP contribution in [0.3, 0.4) is 0 Å². The van der Waals surface area contributed by atoms with Crippen molar-refractivity contribution in [3.05, 3.63) is 48.5 Å². The zero-order chi connectivity index (χ0) is 18.7. The molecule has 0 saturated carbocycles. The molecule has 0 fully saturated rings. The van der Waals surface area contributed by atoms with Gasteiger partial charge in [0.1, 0.15) is 0 Å². The molecular formula is C14H16N4O5S2. The Balaban J connectivity index is 1.98. The molecule has 0 aliphatic heterocycles. The first-order chi connectivity index (χ1) is 11.5. The standard InChI is InChI=1S/C14H16N4O5S2/c1-24(20,21)18-12-4-2-10(3-5-12)16-14(19)17-11-6-8-13(9-7-11)25(15,22)23/h2-9,18H,1H3,(H2,15,22,23)(H2,16,17,19). The number of sulfonamides is 2. The first-order valence-electron chi connectivity index (χ1n) is 6.82. The van der Waals surface area contributed by atoms with E-state index in [0.717, 1.165) is 6.26 Å². The fourth-order valence-corrected chi connectivity index (χ4v) is 2.94. The fraction of sp³-hybridized carbons (Fsp3) is 0.0714. The van der Waals surface area contributed by atoms with E-state index in [1.54, 1.807) is 0 Å². The molecule has 2 aromatic carbocycles. The van der Waals surface area contributed by atoms with Crippen LogP contribution in [0, 0.1) is 0 Å². The predicted molar refractivity (Wildman–Crippen MR) is 95.4 cm³/mol. The van der Waals surface area contributed by atoms with Crippen LogP contribution in [-0.2, 0) is 20.0 Å². The summed E-state index contributed by atoms with van der Waals surface area (Å²) in [6, 6.07) is 10.8. The van der Waals surface area contributed by atoms with Crippen molar-refractivity contribution < 1.29 is 21.6 Å². The van der Waals surface area contributed by atoms with Gasteiger partial charge in [0.2, 0.25) is 20.0 Å². The molecule has 0 aromatic heterocycles. The van der Waals surface area contributed by atoms with E-state index in [9.17, 15) is 21.6 Å². The molecule has 134 valence electrons. The lowest BCUT2D eigenvalue weighted by Crippen LogP contribution is -2.19. The van der Waals surface area contributed by atoms with Crippen molar-refractivity contribution in [2.24, 2.45) is 5.14 Å². The van der Waals surface area contributed by atoms with E-state index in [0.29, 0.717) is 17.1 Å². The molecule has 0 heterocycles. The van der Waals surface area contributed by atoms with E-state index in [4.69, 9.17) is 5.14 Å². The Kier molecular flexibility index (Phi) is 5.30. The third-order valence-electron chi connectivity index (χ3n) is 2.89. The lowest BCUT2D eigenvalue weighted by molar-refractivity contribution is 0.262. The normalized spacial score (nSPS) is 11.6. The van der Waals surface area contributed by atoms with E-state index >= 15 is 0 Å². The summed E-state index contributed by atoms with van der Waals surface area (Å²) < 4.78 is 46.9. The Morgan fingerprint density at radius 2 is 1.20 bits per heavy atom. The molecule has 2 aromatic rings. The number of hydrogen-bond donors (Lipinski definition) is 4. The number of rotatable bonds is 5. The predicted octanol–water partition coefficient (Wildman–Crippen LogP) is 1.35. The second kappa shape index (κ2) is 7.09. The number of urea groups is 1. The zero-order valence-corrected chi connectivity index (χ0v) is 14.7. The molecule has 0 aliphatic rings. The van der Waals surface area contributed by atoms with Crippen LogP contribution < -0.4 is 20.5 Å². The smallest absolute Gasteiger partial charge is 0.308 e. The third kappa shape index (κ3) is 6.06. The minimum Gasteiger partial charge on any atom is -0.308 e. The molecule has 5 N–H and O–H groups in total. The van der Waals surface area contributed by atoms with Crippen LogP contribution >= 0.6 is 0 Å². The largest absolute Gasteiger partial charge is 0.323 e. The highest BCUT2D eigenvalue weighted by atomic mass is 32.2. The second-order valence-electron chi connectivity index (χ2n) is 5.10. The molecule has 0 atom stereocenters. The van der Waals surface area contributed by atoms with Crippen LogP contribution in [0.5, 0.6) is 0 Å². The maximum Gasteiger partial charge on any atom is 0.323 e. The van der Waals surface area contributed by atoms with Crippen molar-refractivity contribution in [3.8, 4) is 0 Å². The fourth-order valence-electron chi connectivity index (χ4n) is 1.86. The Labute approximate surface area is 145 Å². The summed E-state index contributed by atoms with van der Waals surface area (Å²) in [5.74, 6) is 0. The Hall–Kier alpha value is -2.63. The number of carbonyl (C=O) groups is 1. The van der Waals surface area contributed by atoms with Crippen molar-refractivity contribution in [2.45, 2.75) is 4.90 Å². The average Bonchev–Trinajstić information content (AvgIpc) is 2.47. The first kappa shape index (κ1) is 18.7. The van der Waals surface area contributed by atoms with Crippen LogP contribution in [-0.4, -0.2) is 29.1 Å². The van der Waals surface area contributed by atoms with Gasteiger partial charge in [-0.2, -0.15) is 0 Å². The number of amides is 2. The Morgan fingerprint density at radius 3 is 1.60 bits per heavy atom. The summed E-state index contributed by atoms with van der Waals surface area (Å²) >= 11 is 0. The van der Waals surface area contributed by atoms with Crippen molar-refractivity contribution in [3.63, 3.8) is 0 Å². The minimum atomic E-state index is -3.79. The Bertz CT molecular complexity index is 969. The van der Waals surface area contributed by atoms with Gasteiger partial charge in [0.05, 0.1) is 11.2 Å². The molecule has 11 heteroatoms. The maximum absolute atomic E-state index is 11.9. The summed E-state index contributed by atoms with van der Waals surface area (Å²) in [5, 5.41) is 10.1. The highest BCUT2D eigenvalue weighted by molar-refractivity contribution is 7.92. The van der Waals surface area contributed by atoms with Gasteiger partial charge in [-0.1, -0.05) is 0 Å². The SMILES string of the molecule is CS(=O)(=O)Nc1ccc(NC(=O)Nc2ccc(S(N)(=O)=O)cc2)cc1. The van der Waals surface area contributed by atoms with Crippen LogP contribution in [0.2, 0.25) is 0 Å². The summed E-state index contributed by atoms with van der Waals surface area (Å²) in [6.45, 7) is 0. The molecule has 2 rings (SSSR count). The van der Waals surface area contributed by atoms with Gasteiger partial charge in [-0.3, -0.25) is 4.72 Å². The van der Waals surface area contributed by atoms with Crippen LogP contribution in [0.15, 0.2) is 53.4 Å². The molecule has 0 unspecified atom stereocenters. The van der Waals surface area contributed by atoms with Crippen LogP contribution in [0.4, 0.5) is 21.9 Å². The molecule has 0 aliphatic carbocycles. The van der Waals surface area contributed by atoms with Gasteiger partial charge < -0.3 is 10.6 Å². The van der Waals surface area contributed by atoms with Gasteiger partial charge in [-0.15, -0.1) is 0 Å². The van der Waals surface area contributed by atoms with Gasteiger partial charge in [0, 0.05) is 17.1 Å². The van der Waals surface area contributed by atoms with Crippen LogP contribution in [0.25, 0.3) is 0 Å². The van der Waals surface area contributed by atoms with Crippen molar-refractivity contribution in [2.75, 3.05) is 21.6 Å². The third-order valence-corrected chi connectivity index (χ3v) is 4.42. The van der Waals surface area contributed by atoms with Crippen molar-refractivity contribution in [1.29, 1.82) is 0 Å². The van der Waals surface area contributed by atoms with E-state index in [-0.39, 0.29) is 4.90 Å². The molecular weight excluding hydrogens is 368 g/mol. The van der Waals surface area contributed by atoms with Gasteiger partial charge >= 0.3 is 6.03 Å². The minimum absolute atomic E-state index is 0.0626. The number of hydrogen-bond acceptors (Lipinski definition) is 5. The lowest BCUT2D eigenvalue weighted by Gasteiger charge is -2.09. The van der Waals surface area contributed by atoms with E-state index in [1.165, 1.54) is 48.5 Å². The number of carbonyl (C=O) groups excluding carboxylic acids is 1. The molecule has 2 amide bonds. The van der Waals surface area contributed by atoms with Gasteiger partial charge in [-0.05, 0) is 48.5 Å². The summed E-state index contributed by atoms with van der Waals surface area (Å²) in [6.07, 6.45) is 1.04. The topological polar surface area (TPSA) is 147 Å². The highest BCUT2D eigenvalue weighted by Gasteiger charge is 2.08. The van der Waals surface area contributed by atoms with Gasteiger partial charge in [0.15, 0.2) is 0 Å². The molecule has 9 nitrogen and oxygen atoms in total. The van der Waals surface area contributed by atoms with Crippen molar-refractivity contribution >= 4 is 43.1 Å². The summed E-state index contributed by atoms with van der Waals surface area (Å²) in [4.78, 5) is 11.8. The summed E-state index contributed by atoms with van der Waals surface area (Å²) in [7, 11) is -7.16. The van der Waals surface area contributed by atoms with E-state index in [1.807, 2.05) is 0 Å². The van der Waals surface area contributed by atoms with Gasteiger partial charge in [0.25, 0.3) is 0 Å². The Morgan fingerprint density at radius 1 is 0.800 bits per heavy atom. The first-order valence-corrected chi connectivity index (χ1v) is 10.3. The van der Waals surface area contributed by atoms with E-state index < -0.39 is 26.1 Å². The number of primary sulfonamides is 1. The maximum atomic E-state index is 11.9. The quantitative estimate of drug-likeness (QED) is 0.614. The summed E-state index contributed by atoms with van der Waals surface area (Å²) in [5.41, 5.74) is 1.19. The number of anilines is 3. The monoisotopic (exact) mass is 384 g/mol. The molecule has 0 spiro atoms. The second-order valence-corrected chi connectivity index (χ2v) is 8.41. The average molecular weight is 384 g/mol. The van der Waals surface area contributed by atoms with Crippen LogP contribution in [0.1, 0.15) is 0 Å². The molecule has 0 radical (unpaired) electrons. The van der Waals surface area contributed by atoms with Crippen molar-refractivity contribution in [1.82, 2.24) is 0 Å². The lowest BCUT2D eigenvalue weighted by atomic mass is 10.3. The highest BCUT2D eigenvalue weighted by Crippen LogP contribution is 2.16.